The quantitative estimate of drug-likeness (QED) is 0.705. The number of rotatable bonds is 2. The number of hydrogen-bond acceptors (Lipinski definition) is 5. The van der Waals surface area contributed by atoms with Crippen molar-refractivity contribution >= 4 is 11.7 Å². The third-order valence-electron chi connectivity index (χ3n) is 7.16. The third kappa shape index (κ3) is 2.99. The Bertz CT molecular complexity index is 1080. The lowest BCUT2D eigenvalue weighted by molar-refractivity contribution is 0.0691. The molecule has 3 N–H and O–H groups in total. The number of pyridine rings is 1. The van der Waals surface area contributed by atoms with Crippen LogP contribution in [-0.2, 0) is 12.8 Å². The molecule has 2 aromatic rings. The second-order valence-corrected chi connectivity index (χ2v) is 8.89. The van der Waals surface area contributed by atoms with Crippen LogP contribution in [0.4, 0.5) is 5.69 Å². The highest BCUT2D eigenvalue weighted by Crippen LogP contribution is 2.39. The van der Waals surface area contributed by atoms with Gasteiger partial charge in [-0.1, -0.05) is 6.07 Å². The molecule has 1 aromatic carbocycles. The number of hydrogen-bond donors (Lipinski definition) is 3. The van der Waals surface area contributed by atoms with Crippen molar-refractivity contribution in [3.8, 4) is 17.0 Å². The average Bonchev–Trinajstić information content (AvgIpc) is 3.06. The van der Waals surface area contributed by atoms with Crippen molar-refractivity contribution in [3.05, 3.63) is 45.2 Å². The summed E-state index contributed by atoms with van der Waals surface area (Å²) in [6, 6.07) is 6.92. The number of aryl methyl sites for hydroxylation is 1. The van der Waals surface area contributed by atoms with Gasteiger partial charge in [-0.2, -0.15) is 0 Å². The minimum atomic E-state index is -1.41. The molecule has 0 spiro atoms. The van der Waals surface area contributed by atoms with E-state index in [0.29, 0.717) is 29.6 Å². The van der Waals surface area contributed by atoms with Crippen LogP contribution in [0.25, 0.3) is 11.3 Å². The van der Waals surface area contributed by atoms with Crippen molar-refractivity contribution in [1.29, 1.82) is 0 Å². The maximum absolute atomic E-state index is 12.3. The molecule has 7 nitrogen and oxygen atoms in total. The van der Waals surface area contributed by atoms with Gasteiger partial charge in [0.15, 0.2) is 5.56 Å². The van der Waals surface area contributed by atoms with Crippen LogP contribution in [-0.4, -0.2) is 58.8 Å². The number of nitrogens with zero attached hydrogens (tertiary/aromatic N) is 2. The number of carbonyl (C=O) groups is 1. The van der Waals surface area contributed by atoms with Crippen LogP contribution < -0.4 is 10.5 Å². The Morgan fingerprint density at radius 1 is 1.20 bits per heavy atom. The van der Waals surface area contributed by atoms with Gasteiger partial charge in [-0.05, 0) is 69.3 Å². The number of aromatic carboxylic acids is 1. The largest absolute Gasteiger partial charge is 0.506 e. The zero-order valence-corrected chi connectivity index (χ0v) is 17.1. The highest BCUT2D eigenvalue weighted by Gasteiger charge is 2.37. The smallest absolute Gasteiger partial charge is 0.345 e. The fraction of sp³-hybridized carbons (Fsp3) is 0.478. The first-order valence-corrected chi connectivity index (χ1v) is 10.7. The molecule has 0 saturated carbocycles. The van der Waals surface area contributed by atoms with E-state index in [1.165, 1.54) is 25.1 Å². The number of likely N-dealkylation sites (N-methyl/N-ethyl adjacent to an activating group) is 1. The Morgan fingerprint density at radius 2 is 2.03 bits per heavy atom. The second kappa shape index (κ2) is 7.16. The van der Waals surface area contributed by atoms with Crippen LogP contribution in [0.15, 0.2) is 23.0 Å². The number of carboxylic acid groups (broad SMARTS) is 1. The number of H-pyrrole nitrogens is 1. The summed E-state index contributed by atoms with van der Waals surface area (Å²) in [5.74, 6) is -1.09. The number of carboxylic acids is 1. The van der Waals surface area contributed by atoms with E-state index in [0.717, 1.165) is 37.1 Å². The van der Waals surface area contributed by atoms with E-state index in [1.807, 2.05) is 6.07 Å². The van der Waals surface area contributed by atoms with Gasteiger partial charge in [0.1, 0.15) is 5.75 Å². The fourth-order valence-electron chi connectivity index (χ4n) is 5.60. The second-order valence-electron chi connectivity index (χ2n) is 8.89. The first-order chi connectivity index (χ1) is 14.4. The molecule has 2 saturated heterocycles. The number of aromatic hydroxyl groups is 1. The number of fused-ring (bicyclic) bond motifs is 4. The number of piperidine rings is 1. The molecule has 158 valence electrons. The predicted octanol–water partition coefficient (Wildman–Crippen LogP) is 2.46. The summed E-state index contributed by atoms with van der Waals surface area (Å²) in [5.41, 5.74) is 2.95. The van der Waals surface area contributed by atoms with Gasteiger partial charge in [-0.15, -0.1) is 0 Å². The summed E-state index contributed by atoms with van der Waals surface area (Å²) < 4.78 is 0. The SMILES string of the molecule is CN1CCCC2CN(c3ccc4c(c3)CCCc3c-4[nH]c(=O)c(C(=O)O)c3O)CC21. The predicted molar refractivity (Wildman–Crippen MR) is 115 cm³/mol. The van der Waals surface area contributed by atoms with E-state index >= 15 is 0 Å². The lowest BCUT2D eigenvalue weighted by Crippen LogP contribution is -2.42. The minimum Gasteiger partial charge on any atom is -0.506 e. The number of benzene rings is 1. The maximum Gasteiger partial charge on any atom is 0.345 e. The van der Waals surface area contributed by atoms with E-state index in [2.05, 4.69) is 34.0 Å². The Kier molecular flexibility index (Phi) is 4.58. The van der Waals surface area contributed by atoms with Crippen molar-refractivity contribution in [2.75, 3.05) is 31.6 Å². The fourth-order valence-corrected chi connectivity index (χ4v) is 5.60. The molecule has 2 atom stereocenters. The van der Waals surface area contributed by atoms with Crippen LogP contribution >= 0.6 is 0 Å². The lowest BCUT2D eigenvalue weighted by Gasteiger charge is -2.33. The van der Waals surface area contributed by atoms with Gasteiger partial charge in [0.25, 0.3) is 5.56 Å². The van der Waals surface area contributed by atoms with Gasteiger partial charge in [0.2, 0.25) is 0 Å². The van der Waals surface area contributed by atoms with Crippen LogP contribution in [0, 0.1) is 5.92 Å². The number of nitrogens with one attached hydrogen (secondary N) is 1. The Balaban J connectivity index is 1.53. The van der Waals surface area contributed by atoms with E-state index < -0.39 is 22.8 Å². The average molecular weight is 409 g/mol. The molecule has 2 fully saturated rings. The summed E-state index contributed by atoms with van der Waals surface area (Å²) >= 11 is 0. The van der Waals surface area contributed by atoms with Gasteiger partial charge in [0, 0.05) is 35.9 Å². The molecule has 2 unspecified atom stereocenters. The topological polar surface area (TPSA) is 96.9 Å². The Morgan fingerprint density at radius 3 is 2.80 bits per heavy atom. The molecule has 5 rings (SSSR count). The number of aromatic nitrogens is 1. The first-order valence-electron chi connectivity index (χ1n) is 10.7. The summed E-state index contributed by atoms with van der Waals surface area (Å²) in [5, 5.41) is 19.8. The summed E-state index contributed by atoms with van der Waals surface area (Å²) in [6.45, 7) is 3.28. The van der Waals surface area contributed by atoms with Gasteiger partial charge in [-0.25, -0.2) is 4.79 Å². The van der Waals surface area contributed by atoms with Crippen LogP contribution in [0.3, 0.4) is 0 Å². The molecular formula is C23H27N3O4. The van der Waals surface area contributed by atoms with E-state index in [4.69, 9.17) is 0 Å². The van der Waals surface area contributed by atoms with E-state index in [1.54, 1.807) is 0 Å². The highest BCUT2D eigenvalue weighted by atomic mass is 16.4. The molecule has 3 heterocycles. The van der Waals surface area contributed by atoms with Crippen LogP contribution in [0.5, 0.6) is 5.75 Å². The Hall–Kier alpha value is -2.80. The van der Waals surface area contributed by atoms with Crippen molar-refractivity contribution < 1.29 is 15.0 Å². The van der Waals surface area contributed by atoms with E-state index in [9.17, 15) is 19.8 Å². The van der Waals surface area contributed by atoms with Crippen LogP contribution in [0.2, 0.25) is 0 Å². The monoisotopic (exact) mass is 409 g/mol. The third-order valence-corrected chi connectivity index (χ3v) is 7.16. The zero-order chi connectivity index (χ0) is 21.0. The van der Waals surface area contributed by atoms with Gasteiger partial charge in [-0.3, -0.25) is 4.79 Å². The van der Waals surface area contributed by atoms with Gasteiger partial charge >= 0.3 is 5.97 Å². The normalized spacial score (nSPS) is 23.4. The minimum absolute atomic E-state index is 0.398. The van der Waals surface area contributed by atoms with Crippen molar-refractivity contribution in [3.63, 3.8) is 0 Å². The van der Waals surface area contributed by atoms with Crippen molar-refractivity contribution in [1.82, 2.24) is 9.88 Å². The molecule has 7 heteroatoms. The zero-order valence-electron chi connectivity index (χ0n) is 17.1. The Labute approximate surface area is 175 Å². The molecule has 30 heavy (non-hydrogen) atoms. The van der Waals surface area contributed by atoms with Gasteiger partial charge in [0.05, 0.1) is 5.69 Å². The highest BCUT2D eigenvalue weighted by molar-refractivity contribution is 5.92. The van der Waals surface area contributed by atoms with E-state index in [-0.39, 0.29) is 0 Å². The molecule has 1 aromatic heterocycles. The standard InChI is InChI=1S/C23H27N3O4/c1-25-9-3-5-14-11-26(12-18(14)25)15-7-8-16-13(10-15)4-2-6-17-20(16)24-22(28)19(21(17)27)23(29)30/h7-8,10,14,18H,2-6,9,11-12H2,1H3,(H,29,30)(H2,24,27,28). The number of likely N-dealkylation sites (tertiary alicyclic amines) is 1. The molecule has 0 amide bonds. The molecule has 1 aliphatic carbocycles. The van der Waals surface area contributed by atoms with Crippen LogP contribution in [0.1, 0.15) is 40.7 Å². The first kappa shape index (κ1) is 19.2. The number of anilines is 1. The summed E-state index contributed by atoms with van der Waals surface area (Å²) in [7, 11) is 2.22. The molecular weight excluding hydrogens is 382 g/mol. The molecule has 0 radical (unpaired) electrons. The molecule has 0 bridgehead atoms. The van der Waals surface area contributed by atoms with Crippen molar-refractivity contribution in [2.24, 2.45) is 5.92 Å². The lowest BCUT2D eigenvalue weighted by atomic mass is 9.93. The summed E-state index contributed by atoms with van der Waals surface area (Å²) in [4.78, 5) is 31.4. The summed E-state index contributed by atoms with van der Waals surface area (Å²) in [6.07, 6.45) is 4.69. The number of aromatic amines is 1. The van der Waals surface area contributed by atoms with Gasteiger partial charge < -0.3 is 25.0 Å². The maximum atomic E-state index is 12.3. The molecule has 2 aliphatic heterocycles. The van der Waals surface area contributed by atoms with Crippen molar-refractivity contribution in [2.45, 2.75) is 38.1 Å². The molecule has 3 aliphatic rings.